The molecule has 1 aliphatic rings. The number of likely N-dealkylation sites (tertiary alicyclic amines) is 1. The summed E-state index contributed by atoms with van der Waals surface area (Å²) in [5.74, 6) is -0.947. The molecule has 1 N–H and O–H groups in total. The average Bonchev–Trinajstić information content (AvgIpc) is 2.30. The molecule has 0 unspecified atom stereocenters. The Bertz CT molecular complexity index is 487. The third-order valence-electron chi connectivity index (χ3n) is 3.09. The van der Waals surface area contributed by atoms with E-state index in [2.05, 4.69) is 4.90 Å². The molecule has 1 saturated heterocycles. The molecule has 1 aromatic carbocycles. The van der Waals surface area contributed by atoms with Crippen molar-refractivity contribution in [3.8, 4) is 0 Å². The minimum absolute atomic E-state index is 0.262. The summed E-state index contributed by atoms with van der Waals surface area (Å²) in [6, 6.07) is 5.55. The Kier molecular flexibility index (Phi) is 4.36. The number of ether oxygens (including phenoxy) is 1. The largest absolute Gasteiger partial charge is 0.480 e. The number of carbonyl (C=O) groups is 1. The van der Waals surface area contributed by atoms with Crippen LogP contribution in [0.1, 0.15) is 12.5 Å². The van der Waals surface area contributed by atoms with E-state index < -0.39 is 5.97 Å². The number of carboxylic acids is 1. The average molecular weight is 304 g/mol. The molecule has 1 fully saturated rings. The number of rotatable bonds is 5. The van der Waals surface area contributed by atoms with Crippen molar-refractivity contribution < 1.29 is 14.6 Å². The summed E-state index contributed by atoms with van der Waals surface area (Å²) in [4.78, 5) is 12.6. The van der Waals surface area contributed by atoms with Crippen LogP contribution in [0, 0.1) is 0 Å². The Balaban J connectivity index is 1.87. The second-order valence-corrected chi connectivity index (χ2v) is 5.78. The number of hydrogen-bond donors (Lipinski definition) is 1. The first-order chi connectivity index (χ1) is 8.89. The van der Waals surface area contributed by atoms with Crippen LogP contribution in [-0.2, 0) is 16.1 Å². The lowest BCUT2D eigenvalue weighted by atomic mass is 9.95. The van der Waals surface area contributed by atoms with Crippen LogP contribution in [-0.4, -0.2) is 41.3 Å². The molecule has 104 valence electrons. The maximum absolute atomic E-state index is 10.5. The van der Waals surface area contributed by atoms with Gasteiger partial charge in [0, 0.05) is 19.6 Å². The van der Waals surface area contributed by atoms with Gasteiger partial charge in [-0.3, -0.25) is 4.90 Å². The minimum Gasteiger partial charge on any atom is -0.480 e. The standard InChI is InChI=1S/C13H15Cl2NO3/c1-13(19-6-11(17)18)7-16(8-13)5-9-3-2-4-10(14)12(9)15/h2-4H,5-8H2,1H3,(H,17,18). The van der Waals surface area contributed by atoms with E-state index in [9.17, 15) is 4.79 Å². The molecule has 0 amide bonds. The predicted molar refractivity (Wildman–Crippen MR) is 73.7 cm³/mol. The topological polar surface area (TPSA) is 49.8 Å². The van der Waals surface area contributed by atoms with Crippen LogP contribution in [0.2, 0.25) is 10.0 Å². The van der Waals surface area contributed by atoms with Crippen molar-refractivity contribution in [2.24, 2.45) is 0 Å². The summed E-state index contributed by atoms with van der Waals surface area (Å²) in [7, 11) is 0. The second kappa shape index (κ2) is 5.67. The molecule has 0 saturated carbocycles. The summed E-state index contributed by atoms with van der Waals surface area (Å²) >= 11 is 12.1. The zero-order chi connectivity index (χ0) is 14.0. The quantitative estimate of drug-likeness (QED) is 0.908. The van der Waals surface area contributed by atoms with Gasteiger partial charge in [0.25, 0.3) is 0 Å². The highest BCUT2D eigenvalue weighted by Crippen LogP contribution is 2.30. The lowest BCUT2D eigenvalue weighted by Gasteiger charge is -2.47. The summed E-state index contributed by atoms with van der Waals surface area (Å²) in [5, 5.41) is 9.71. The number of nitrogens with zero attached hydrogens (tertiary/aromatic N) is 1. The third-order valence-corrected chi connectivity index (χ3v) is 3.94. The van der Waals surface area contributed by atoms with Crippen LogP contribution in [0.3, 0.4) is 0 Å². The fourth-order valence-electron chi connectivity index (χ4n) is 2.25. The smallest absolute Gasteiger partial charge is 0.329 e. The summed E-state index contributed by atoms with van der Waals surface area (Å²) < 4.78 is 5.35. The van der Waals surface area contributed by atoms with Gasteiger partial charge in [-0.25, -0.2) is 4.79 Å². The normalized spacial score (nSPS) is 18.1. The van der Waals surface area contributed by atoms with Gasteiger partial charge in [0.05, 0.1) is 15.6 Å². The molecule has 0 aliphatic carbocycles. The van der Waals surface area contributed by atoms with Gasteiger partial charge >= 0.3 is 5.97 Å². The number of benzene rings is 1. The van der Waals surface area contributed by atoms with Gasteiger partial charge in [-0.05, 0) is 18.6 Å². The van der Waals surface area contributed by atoms with Gasteiger partial charge in [0.2, 0.25) is 0 Å². The molecule has 1 heterocycles. The fraction of sp³-hybridized carbons (Fsp3) is 0.462. The first kappa shape index (κ1) is 14.6. The van der Waals surface area contributed by atoms with Crippen molar-refractivity contribution >= 4 is 29.2 Å². The number of carboxylic acid groups (broad SMARTS) is 1. The molecule has 6 heteroatoms. The summed E-state index contributed by atoms with van der Waals surface area (Å²) in [6.07, 6.45) is 0. The Morgan fingerprint density at radius 1 is 1.47 bits per heavy atom. The molecular weight excluding hydrogens is 289 g/mol. The maximum Gasteiger partial charge on any atom is 0.329 e. The van der Waals surface area contributed by atoms with Crippen LogP contribution in [0.5, 0.6) is 0 Å². The molecule has 2 rings (SSSR count). The van der Waals surface area contributed by atoms with Crippen molar-refractivity contribution in [1.82, 2.24) is 4.90 Å². The number of aliphatic carboxylic acids is 1. The van der Waals surface area contributed by atoms with E-state index >= 15 is 0 Å². The molecule has 1 aromatic rings. The second-order valence-electron chi connectivity index (χ2n) is 4.99. The highest BCUT2D eigenvalue weighted by molar-refractivity contribution is 6.42. The van der Waals surface area contributed by atoms with Crippen molar-refractivity contribution in [2.45, 2.75) is 19.1 Å². The Hall–Kier alpha value is -0.810. The summed E-state index contributed by atoms with van der Waals surface area (Å²) in [6.45, 7) is 3.70. The van der Waals surface area contributed by atoms with E-state index in [1.807, 2.05) is 19.1 Å². The first-order valence-electron chi connectivity index (χ1n) is 5.91. The lowest BCUT2D eigenvalue weighted by molar-refractivity contribution is -0.165. The molecular formula is C13H15Cl2NO3. The van der Waals surface area contributed by atoms with Gasteiger partial charge in [0.1, 0.15) is 6.61 Å². The van der Waals surface area contributed by atoms with Gasteiger partial charge in [-0.2, -0.15) is 0 Å². The predicted octanol–water partition coefficient (Wildman–Crippen LogP) is 2.67. The van der Waals surface area contributed by atoms with Gasteiger partial charge < -0.3 is 9.84 Å². The molecule has 0 radical (unpaired) electrons. The van der Waals surface area contributed by atoms with E-state index in [0.717, 1.165) is 5.56 Å². The van der Waals surface area contributed by atoms with Crippen molar-refractivity contribution in [3.63, 3.8) is 0 Å². The maximum atomic E-state index is 10.5. The lowest BCUT2D eigenvalue weighted by Crippen LogP contribution is -2.61. The Morgan fingerprint density at radius 3 is 2.79 bits per heavy atom. The van der Waals surface area contributed by atoms with E-state index in [0.29, 0.717) is 29.7 Å². The molecule has 0 spiro atoms. The van der Waals surface area contributed by atoms with Crippen LogP contribution in [0.4, 0.5) is 0 Å². The minimum atomic E-state index is -0.947. The number of halogens is 2. The Labute approximate surface area is 121 Å². The molecule has 19 heavy (non-hydrogen) atoms. The van der Waals surface area contributed by atoms with Crippen molar-refractivity contribution in [3.05, 3.63) is 33.8 Å². The van der Waals surface area contributed by atoms with Crippen LogP contribution >= 0.6 is 23.2 Å². The van der Waals surface area contributed by atoms with E-state index in [1.165, 1.54) is 0 Å². The van der Waals surface area contributed by atoms with Crippen LogP contribution in [0.15, 0.2) is 18.2 Å². The van der Waals surface area contributed by atoms with Gasteiger partial charge in [-0.15, -0.1) is 0 Å². The van der Waals surface area contributed by atoms with E-state index in [4.69, 9.17) is 33.0 Å². The van der Waals surface area contributed by atoms with Crippen LogP contribution in [0.25, 0.3) is 0 Å². The Morgan fingerprint density at radius 2 is 2.16 bits per heavy atom. The fourth-order valence-corrected chi connectivity index (χ4v) is 2.63. The molecule has 1 aliphatic heterocycles. The van der Waals surface area contributed by atoms with E-state index in [1.54, 1.807) is 6.07 Å². The van der Waals surface area contributed by atoms with Crippen molar-refractivity contribution in [1.29, 1.82) is 0 Å². The SMILES string of the molecule is CC1(OCC(=O)O)CN(Cc2cccc(Cl)c2Cl)C1. The molecule has 0 atom stereocenters. The molecule has 0 aromatic heterocycles. The van der Waals surface area contributed by atoms with Crippen molar-refractivity contribution in [2.75, 3.05) is 19.7 Å². The summed E-state index contributed by atoms with van der Waals surface area (Å²) in [5.41, 5.74) is 0.582. The molecule has 4 nitrogen and oxygen atoms in total. The zero-order valence-electron chi connectivity index (χ0n) is 10.5. The highest BCUT2D eigenvalue weighted by atomic mass is 35.5. The van der Waals surface area contributed by atoms with E-state index in [-0.39, 0.29) is 12.2 Å². The molecule has 0 bridgehead atoms. The first-order valence-corrected chi connectivity index (χ1v) is 6.66. The van der Waals surface area contributed by atoms with Crippen LogP contribution < -0.4 is 0 Å². The number of hydrogen-bond acceptors (Lipinski definition) is 3. The third kappa shape index (κ3) is 3.60. The monoisotopic (exact) mass is 303 g/mol. The zero-order valence-corrected chi connectivity index (χ0v) is 12.0. The van der Waals surface area contributed by atoms with Gasteiger partial charge in [0.15, 0.2) is 0 Å². The van der Waals surface area contributed by atoms with Gasteiger partial charge in [-0.1, -0.05) is 35.3 Å². The highest BCUT2D eigenvalue weighted by Gasteiger charge is 2.40.